The number of ether oxygens (including phenoxy) is 1. The lowest BCUT2D eigenvalue weighted by Gasteiger charge is -2.27. The first-order valence-electron chi connectivity index (χ1n) is 7.74. The molecule has 1 fully saturated rings. The molecule has 1 aromatic heterocycles. The SMILES string of the molecule is CCCNc1cc(C(=O)N(C)CC2CCOCC2)ccn1. The van der Waals surface area contributed by atoms with Crippen molar-refractivity contribution in [3.63, 3.8) is 0 Å². The Hall–Kier alpha value is -1.62. The number of nitrogens with one attached hydrogen (secondary N) is 1. The maximum Gasteiger partial charge on any atom is 0.253 e. The molecule has 5 nitrogen and oxygen atoms in total. The Morgan fingerprint density at radius 1 is 1.48 bits per heavy atom. The Bertz CT molecular complexity index is 459. The molecule has 116 valence electrons. The molecule has 1 aromatic rings. The number of pyridine rings is 1. The third-order valence-corrected chi connectivity index (χ3v) is 3.78. The van der Waals surface area contributed by atoms with Gasteiger partial charge in [0.05, 0.1) is 0 Å². The number of hydrogen-bond donors (Lipinski definition) is 1. The van der Waals surface area contributed by atoms with Crippen LogP contribution in [-0.2, 0) is 4.74 Å². The Morgan fingerprint density at radius 2 is 2.24 bits per heavy atom. The largest absolute Gasteiger partial charge is 0.381 e. The summed E-state index contributed by atoms with van der Waals surface area (Å²) in [6, 6.07) is 3.61. The zero-order valence-corrected chi connectivity index (χ0v) is 13.0. The van der Waals surface area contributed by atoms with Gasteiger partial charge in [-0.1, -0.05) is 6.92 Å². The molecular weight excluding hydrogens is 266 g/mol. The van der Waals surface area contributed by atoms with Crippen LogP contribution in [0.3, 0.4) is 0 Å². The molecular formula is C16H25N3O2. The van der Waals surface area contributed by atoms with Crippen LogP contribution < -0.4 is 5.32 Å². The number of nitrogens with zero attached hydrogens (tertiary/aromatic N) is 2. The van der Waals surface area contributed by atoms with E-state index in [-0.39, 0.29) is 5.91 Å². The van der Waals surface area contributed by atoms with Gasteiger partial charge in [0.1, 0.15) is 5.82 Å². The molecule has 1 aliphatic heterocycles. The van der Waals surface area contributed by atoms with Crippen molar-refractivity contribution < 1.29 is 9.53 Å². The van der Waals surface area contributed by atoms with E-state index in [1.807, 2.05) is 18.0 Å². The maximum atomic E-state index is 12.5. The minimum absolute atomic E-state index is 0.0587. The van der Waals surface area contributed by atoms with Gasteiger partial charge in [-0.15, -0.1) is 0 Å². The molecule has 2 heterocycles. The number of carbonyl (C=O) groups excluding carboxylic acids is 1. The van der Waals surface area contributed by atoms with Crippen molar-refractivity contribution in [2.75, 3.05) is 38.7 Å². The summed E-state index contributed by atoms with van der Waals surface area (Å²) in [5.74, 6) is 1.37. The minimum atomic E-state index is 0.0587. The molecule has 21 heavy (non-hydrogen) atoms. The van der Waals surface area contributed by atoms with Gasteiger partial charge < -0.3 is 15.0 Å². The van der Waals surface area contributed by atoms with Crippen molar-refractivity contribution in [2.24, 2.45) is 5.92 Å². The summed E-state index contributed by atoms with van der Waals surface area (Å²) in [5, 5.41) is 3.21. The van der Waals surface area contributed by atoms with Crippen LogP contribution in [0.4, 0.5) is 5.82 Å². The lowest BCUT2D eigenvalue weighted by Crippen LogP contribution is -2.34. The first kappa shape index (κ1) is 15.8. The quantitative estimate of drug-likeness (QED) is 0.874. The first-order chi connectivity index (χ1) is 10.2. The number of amides is 1. The number of hydrogen-bond acceptors (Lipinski definition) is 4. The highest BCUT2D eigenvalue weighted by molar-refractivity contribution is 5.94. The van der Waals surface area contributed by atoms with Gasteiger partial charge in [-0.3, -0.25) is 4.79 Å². The second kappa shape index (κ2) is 7.98. The molecule has 0 aromatic carbocycles. The van der Waals surface area contributed by atoms with Crippen molar-refractivity contribution in [3.05, 3.63) is 23.9 Å². The van der Waals surface area contributed by atoms with Gasteiger partial charge in [0.25, 0.3) is 5.91 Å². The van der Waals surface area contributed by atoms with E-state index < -0.39 is 0 Å². The average molecular weight is 291 g/mol. The predicted octanol–water partition coefficient (Wildman–Crippen LogP) is 2.40. The molecule has 1 N–H and O–H groups in total. The van der Waals surface area contributed by atoms with Gasteiger partial charge in [-0.2, -0.15) is 0 Å². The number of aromatic nitrogens is 1. The van der Waals surface area contributed by atoms with E-state index in [0.717, 1.165) is 51.4 Å². The van der Waals surface area contributed by atoms with Gasteiger partial charge >= 0.3 is 0 Å². The highest BCUT2D eigenvalue weighted by Gasteiger charge is 2.19. The Labute approximate surface area is 126 Å². The van der Waals surface area contributed by atoms with Crippen LogP contribution in [0.5, 0.6) is 0 Å². The molecule has 0 spiro atoms. The zero-order chi connectivity index (χ0) is 15.1. The van der Waals surface area contributed by atoms with Gasteiger partial charge in [-0.05, 0) is 37.3 Å². The Balaban J connectivity index is 1.94. The number of anilines is 1. The maximum absolute atomic E-state index is 12.5. The van der Waals surface area contributed by atoms with E-state index in [2.05, 4.69) is 17.2 Å². The molecule has 0 unspecified atom stereocenters. The van der Waals surface area contributed by atoms with Crippen LogP contribution in [0.2, 0.25) is 0 Å². The van der Waals surface area contributed by atoms with E-state index in [4.69, 9.17) is 4.74 Å². The average Bonchev–Trinajstić information content (AvgIpc) is 2.53. The van der Waals surface area contributed by atoms with Crippen molar-refractivity contribution >= 4 is 11.7 Å². The van der Waals surface area contributed by atoms with E-state index in [1.165, 1.54) is 0 Å². The van der Waals surface area contributed by atoms with Gasteiger partial charge in [0.15, 0.2) is 0 Å². The van der Waals surface area contributed by atoms with E-state index in [1.54, 1.807) is 12.3 Å². The van der Waals surface area contributed by atoms with E-state index in [9.17, 15) is 4.79 Å². The predicted molar refractivity (Wildman–Crippen MR) is 83.5 cm³/mol. The standard InChI is InChI=1S/C16H25N3O2/c1-3-7-17-15-11-14(4-8-18-15)16(20)19(2)12-13-5-9-21-10-6-13/h4,8,11,13H,3,5-7,9-10,12H2,1-2H3,(H,17,18). The fourth-order valence-electron chi connectivity index (χ4n) is 2.53. The van der Waals surface area contributed by atoms with Gasteiger partial charge in [0, 0.05) is 45.1 Å². The van der Waals surface area contributed by atoms with Crippen LogP contribution in [0, 0.1) is 5.92 Å². The van der Waals surface area contributed by atoms with Crippen molar-refractivity contribution in [1.29, 1.82) is 0 Å². The second-order valence-electron chi connectivity index (χ2n) is 5.60. The molecule has 1 amide bonds. The molecule has 1 saturated heterocycles. The number of carbonyl (C=O) groups is 1. The summed E-state index contributed by atoms with van der Waals surface area (Å²) in [6.45, 7) is 5.38. The summed E-state index contributed by atoms with van der Waals surface area (Å²) < 4.78 is 5.36. The van der Waals surface area contributed by atoms with Gasteiger partial charge in [0.2, 0.25) is 0 Å². The van der Waals surface area contributed by atoms with E-state index in [0.29, 0.717) is 11.5 Å². The summed E-state index contributed by atoms with van der Waals surface area (Å²) in [5.41, 5.74) is 0.693. The lowest BCUT2D eigenvalue weighted by atomic mass is 9.99. The highest BCUT2D eigenvalue weighted by Crippen LogP contribution is 2.17. The molecule has 0 radical (unpaired) electrons. The Kier molecular flexibility index (Phi) is 5.99. The summed E-state index contributed by atoms with van der Waals surface area (Å²) in [4.78, 5) is 18.5. The van der Waals surface area contributed by atoms with Crippen LogP contribution >= 0.6 is 0 Å². The van der Waals surface area contributed by atoms with Crippen molar-refractivity contribution in [2.45, 2.75) is 26.2 Å². The minimum Gasteiger partial charge on any atom is -0.381 e. The zero-order valence-electron chi connectivity index (χ0n) is 13.0. The monoisotopic (exact) mass is 291 g/mol. The third-order valence-electron chi connectivity index (χ3n) is 3.78. The molecule has 1 aliphatic rings. The van der Waals surface area contributed by atoms with Crippen molar-refractivity contribution in [1.82, 2.24) is 9.88 Å². The fraction of sp³-hybridized carbons (Fsp3) is 0.625. The first-order valence-corrected chi connectivity index (χ1v) is 7.74. The van der Waals surface area contributed by atoms with Crippen LogP contribution in [0.15, 0.2) is 18.3 Å². The normalized spacial score (nSPS) is 15.7. The fourth-order valence-corrected chi connectivity index (χ4v) is 2.53. The van der Waals surface area contributed by atoms with Crippen molar-refractivity contribution in [3.8, 4) is 0 Å². The van der Waals surface area contributed by atoms with Crippen LogP contribution in [0.1, 0.15) is 36.5 Å². The topological polar surface area (TPSA) is 54.5 Å². The Morgan fingerprint density at radius 3 is 2.95 bits per heavy atom. The molecule has 2 rings (SSSR count). The lowest BCUT2D eigenvalue weighted by molar-refractivity contribution is 0.0497. The second-order valence-corrected chi connectivity index (χ2v) is 5.60. The summed E-state index contributed by atoms with van der Waals surface area (Å²) in [7, 11) is 1.87. The smallest absolute Gasteiger partial charge is 0.253 e. The molecule has 0 saturated carbocycles. The highest BCUT2D eigenvalue weighted by atomic mass is 16.5. The molecule has 0 aliphatic carbocycles. The molecule has 0 atom stereocenters. The van der Waals surface area contributed by atoms with Crippen LogP contribution in [0.25, 0.3) is 0 Å². The summed E-state index contributed by atoms with van der Waals surface area (Å²) in [6.07, 6.45) is 4.80. The molecule has 5 heteroatoms. The van der Waals surface area contributed by atoms with Crippen LogP contribution in [-0.4, -0.2) is 49.1 Å². The third kappa shape index (κ3) is 4.70. The molecule has 0 bridgehead atoms. The number of rotatable bonds is 6. The van der Waals surface area contributed by atoms with Gasteiger partial charge in [-0.25, -0.2) is 4.98 Å². The van der Waals surface area contributed by atoms with E-state index >= 15 is 0 Å². The summed E-state index contributed by atoms with van der Waals surface area (Å²) >= 11 is 0.